The number of carbonyl (C=O) groups is 4. The summed E-state index contributed by atoms with van der Waals surface area (Å²) in [5, 5.41) is 7.26. The Hall–Kier alpha value is -5.80. The van der Waals surface area contributed by atoms with E-state index in [1.807, 2.05) is 52.0 Å². The fraction of sp³-hybridized carbons (Fsp3) is 0.500. The molecular weight excluding hydrogens is 720 g/mol. The van der Waals surface area contributed by atoms with Crippen LogP contribution in [0.3, 0.4) is 0 Å². The van der Waals surface area contributed by atoms with Gasteiger partial charge in [-0.15, -0.1) is 0 Å². The number of nitrogens with zero attached hydrogens (tertiary/aromatic N) is 4. The van der Waals surface area contributed by atoms with Gasteiger partial charge in [0.05, 0.1) is 26.3 Å². The van der Waals surface area contributed by atoms with Crippen LogP contribution in [0.5, 0.6) is 0 Å². The number of aromatic nitrogens is 4. The Morgan fingerprint density at radius 1 is 0.714 bits per heavy atom. The number of hydrogen-bond acceptors (Lipinski definition) is 10. The van der Waals surface area contributed by atoms with Crippen molar-refractivity contribution in [1.29, 1.82) is 0 Å². The lowest BCUT2D eigenvalue weighted by atomic mass is 10.0. The first-order valence-electron chi connectivity index (χ1n) is 19.2. The number of alkyl carbamates (subject to hydrolysis) is 2. The molecule has 4 amide bonds. The summed E-state index contributed by atoms with van der Waals surface area (Å²) in [5.74, 6) is 2.40. The fourth-order valence-corrected chi connectivity index (χ4v) is 7.89. The summed E-state index contributed by atoms with van der Waals surface area (Å²) < 4.78 is 22.0. The molecule has 0 radical (unpaired) electrons. The highest BCUT2D eigenvalue weighted by Gasteiger charge is 2.39. The predicted octanol–water partition coefficient (Wildman–Crippen LogP) is 5.90. The number of benzene rings is 1. The van der Waals surface area contributed by atoms with Crippen molar-refractivity contribution in [2.24, 2.45) is 11.8 Å². The SMILES string of the molecule is COC(=O)NC(C(=O)N1CCCC1c1ncc(Cc2cc3cc4cc(Cc5cnc(C6CCCN6C(=O)[C@@H](NC(=O)OC)C(C)C)[nH]5)oc4cc3o2)[nH]1)C(C)C. The normalized spacial score (nSPS) is 18.3. The molecule has 0 bridgehead atoms. The van der Waals surface area contributed by atoms with Crippen molar-refractivity contribution >= 4 is 45.9 Å². The number of imidazole rings is 2. The van der Waals surface area contributed by atoms with Crippen molar-refractivity contribution in [2.75, 3.05) is 27.3 Å². The number of rotatable bonds is 12. The van der Waals surface area contributed by atoms with Gasteiger partial charge in [0.2, 0.25) is 11.8 Å². The highest BCUT2D eigenvalue weighted by Crippen LogP contribution is 2.34. The molecule has 2 fully saturated rings. The third-order valence-electron chi connectivity index (χ3n) is 10.8. The molecule has 2 aliphatic rings. The van der Waals surface area contributed by atoms with Crippen molar-refractivity contribution in [1.82, 2.24) is 40.4 Å². The molecular formula is C40H50N8O8. The van der Waals surface area contributed by atoms with Crippen LogP contribution in [0.15, 0.2) is 45.5 Å². The van der Waals surface area contributed by atoms with E-state index < -0.39 is 24.3 Å². The van der Waals surface area contributed by atoms with E-state index in [1.165, 1.54) is 14.2 Å². The Bertz CT molecular complexity index is 2010. The largest absolute Gasteiger partial charge is 0.461 e. The van der Waals surface area contributed by atoms with E-state index in [9.17, 15) is 19.2 Å². The number of H-pyrrole nitrogens is 2. The van der Waals surface area contributed by atoms with Crippen molar-refractivity contribution in [3.63, 3.8) is 0 Å². The van der Waals surface area contributed by atoms with Crippen molar-refractivity contribution in [3.05, 3.63) is 71.2 Å². The first kappa shape index (κ1) is 38.5. The second-order valence-corrected chi connectivity index (χ2v) is 15.4. The molecule has 298 valence electrons. The van der Waals surface area contributed by atoms with E-state index in [2.05, 4.69) is 30.6 Å². The third-order valence-corrected chi connectivity index (χ3v) is 10.8. The minimum atomic E-state index is -0.697. The summed E-state index contributed by atoms with van der Waals surface area (Å²) in [6, 6.07) is 6.14. The number of amides is 4. The molecule has 0 spiro atoms. The van der Waals surface area contributed by atoms with Gasteiger partial charge in [-0.05, 0) is 55.7 Å². The van der Waals surface area contributed by atoms with Crippen LogP contribution in [0.2, 0.25) is 0 Å². The molecule has 5 aromatic rings. The van der Waals surface area contributed by atoms with Crippen molar-refractivity contribution in [3.8, 4) is 0 Å². The van der Waals surface area contributed by atoms with Gasteiger partial charge in [0, 0.05) is 66.6 Å². The van der Waals surface area contributed by atoms with Crippen molar-refractivity contribution < 1.29 is 37.5 Å². The minimum absolute atomic E-state index is 0.113. The first-order chi connectivity index (χ1) is 26.9. The number of likely N-dealkylation sites (tertiary alicyclic amines) is 2. The van der Waals surface area contributed by atoms with Gasteiger partial charge in [-0.25, -0.2) is 19.6 Å². The minimum Gasteiger partial charge on any atom is -0.461 e. The number of nitrogens with one attached hydrogen (secondary N) is 4. The topological polar surface area (TPSA) is 201 Å². The summed E-state index contributed by atoms with van der Waals surface area (Å²) in [6.45, 7) is 8.74. The van der Waals surface area contributed by atoms with E-state index in [0.29, 0.717) is 48.7 Å². The van der Waals surface area contributed by atoms with Gasteiger partial charge in [0.25, 0.3) is 0 Å². The molecule has 0 aliphatic carbocycles. The van der Waals surface area contributed by atoms with E-state index in [1.54, 1.807) is 22.2 Å². The molecule has 3 unspecified atom stereocenters. The summed E-state index contributed by atoms with van der Waals surface area (Å²) in [4.78, 5) is 70.6. The smallest absolute Gasteiger partial charge is 0.407 e. The number of fused-ring (bicyclic) bond motifs is 2. The highest BCUT2D eigenvalue weighted by molar-refractivity contribution is 5.94. The zero-order chi connectivity index (χ0) is 39.7. The lowest BCUT2D eigenvalue weighted by Gasteiger charge is -2.30. The van der Waals surface area contributed by atoms with Crippen molar-refractivity contribution in [2.45, 2.75) is 90.4 Å². The fourth-order valence-electron chi connectivity index (χ4n) is 7.89. The van der Waals surface area contributed by atoms with E-state index in [0.717, 1.165) is 59.4 Å². The number of furan rings is 2. The van der Waals surface area contributed by atoms with Crippen LogP contribution in [-0.4, -0.2) is 93.1 Å². The van der Waals surface area contributed by atoms with Gasteiger partial charge in [-0.2, -0.15) is 0 Å². The average molecular weight is 771 g/mol. The predicted molar refractivity (Wildman–Crippen MR) is 204 cm³/mol. The first-order valence-corrected chi connectivity index (χ1v) is 19.2. The van der Waals surface area contributed by atoms with Crippen LogP contribution in [0.1, 0.15) is 100 Å². The molecule has 16 heteroatoms. The molecule has 16 nitrogen and oxygen atoms in total. The molecule has 6 heterocycles. The van der Waals surface area contributed by atoms with Gasteiger partial charge in [0.15, 0.2) is 0 Å². The Morgan fingerprint density at radius 3 is 1.54 bits per heavy atom. The zero-order valence-electron chi connectivity index (χ0n) is 32.6. The maximum Gasteiger partial charge on any atom is 0.407 e. The second kappa shape index (κ2) is 16.1. The Kier molecular flexibility index (Phi) is 11.1. The number of methoxy groups -OCH3 is 2. The van der Waals surface area contributed by atoms with Crippen LogP contribution in [0.25, 0.3) is 21.9 Å². The zero-order valence-corrected chi connectivity index (χ0v) is 32.6. The quantitative estimate of drug-likeness (QED) is 0.118. The van der Waals surface area contributed by atoms with Crippen LogP contribution in [-0.2, 0) is 31.9 Å². The third kappa shape index (κ3) is 7.95. The number of aromatic amines is 2. The summed E-state index contributed by atoms with van der Waals surface area (Å²) in [7, 11) is 2.57. The van der Waals surface area contributed by atoms with Crippen LogP contribution >= 0.6 is 0 Å². The summed E-state index contributed by atoms with van der Waals surface area (Å²) in [6.07, 6.45) is 6.48. The lowest BCUT2D eigenvalue weighted by Crippen LogP contribution is -2.51. The monoisotopic (exact) mass is 770 g/mol. The molecule has 4 aromatic heterocycles. The number of hydrogen-bond donors (Lipinski definition) is 4. The molecule has 4 atom stereocenters. The van der Waals surface area contributed by atoms with Gasteiger partial charge in [-0.3, -0.25) is 9.59 Å². The number of carbonyl (C=O) groups excluding carboxylic acids is 4. The van der Waals surface area contributed by atoms with Crippen LogP contribution in [0, 0.1) is 11.8 Å². The Morgan fingerprint density at radius 2 is 1.14 bits per heavy atom. The van der Waals surface area contributed by atoms with E-state index in [4.69, 9.17) is 18.3 Å². The van der Waals surface area contributed by atoms with E-state index >= 15 is 0 Å². The molecule has 0 saturated carbocycles. The maximum atomic E-state index is 13.5. The second-order valence-electron chi connectivity index (χ2n) is 15.4. The van der Waals surface area contributed by atoms with Crippen LogP contribution in [0.4, 0.5) is 9.59 Å². The Labute approximate surface area is 324 Å². The molecule has 7 rings (SSSR count). The molecule has 1 aromatic carbocycles. The molecule has 4 N–H and O–H groups in total. The van der Waals surface area contributed by atoms with E-state index in [-0.39, 0.29) is 35.7 Å². The van der Waals surface area contributed by atoms with Crippen LogP contribution < -0.4 is 10.6 Å². The maximum absolute atomic E-state index is 13.5. The highest BCUT2D eigenvalue weighted by atomic mass is 16.5. The Balaban J connectivity index is 1.000. The number of ether oxygens (including phenoxy) is 2. The summed E-state index contributed by atoms with van der Waals surface area (Å²) in [5.41, 5.74) is 3.13. The van der Waals surface area contributed by atoms with Gasteiger partial charge in [-0.1, -0.05) is 27.7 Å². The molecule has 2 aliphatic heterocycles. The average Bonchev–Trinajstić information content (AvgIpc) is 4.02. The van der Waals surface area contributed by atoms with Gasteiger partial charge >= 0.3 is 12.2 Å². The van der Waals surface area contributed by atoms with Gasteiger partial charge in [0.1, 0.15) is 46.4 Å². The molecule has 2 saturated heterocycles. The summed E-state index contributed by atoms with van der Waals surface area (Å²) >= 11 is 0. The molecule has 56 heavy (non-hydrogen) atoms. The lowest BCUT2D eigenvalue weighted by molar-refractivity contribution is -0.136. The van der Waals surface area contributed by atoms with Gasteiger partial charge < -0.3 is 48.7 Å². The standard InChI is InChI=1S/C40H50N8O8/c1-21(2)33(45-39(51)53-5)37(49)47-11-7-9-29(47)35-41-19-25(43-35)16-27-14-23-13-24-15-28(56-32(24)18-31(23)55-27)17-26-20-42-36(44-26)30-10-8-12-48(30)38(50)34(22(3)4)46-40(52)54-6/h13-15,18-22,29-30,33-34H,7-12,16-17H2,1-6H3,(H,41,43)(H,42,44)(H,45,51)(H,46,52)/t29?,30?,33-,34?/m0/s1.